The molecular weight excluding hydrogens is 407 g/mol. The summed E-state index contributed by atoms with van der Waals surface area (Å²) in [5, 5.41) is 2.48. The van der Waals surface area contributed by atoms with E-state index in [1.54, 1.807) is 7.11 Å². The van der Waals surface area contributed by atoms with E-state index in [0.29, 0.717) is 13.0 Å². The van der Waals surface area contributed by atoms with Gasteiger partial charge in [-0.2, -0.15) is 0 Å². The molecule has 0 aliphatic heterocycles. The van der Waals surface area contributed by atoms with E-state index in [4.69, 9.17) is 16.3 Å². The normalized spacial score (nSPS) is 11.1. The summed E-state index contributed by atoms with van der Waals surface area (Å²) in [4.78, 5) is 12.2. The van der Waals surface area contributed by atoms with Crippen LogP contribution in [0.15, 0.2) is 42.5 Å². The number of ether oxygens (including phenoxy) is 1. The monoisotopic (exact) mass is 428 g/mol. The van der Waals surface area contributed by atoms with Crippen molar-refractivity contribution in [2.75, 3.05) is 30.8 Å². The summed E-state index contributed by atoms with van der Waals surface area (Å²) in [6.07, 6.45) is 2.42. The van der Waals surface area contributed by atoms with Gasteiger partial charge < -0.3 is 10.1 Å². The molecule has 0 aromatic heterocycles. The van der Waals surface area contributed by atoms with Gasteiger partial charge in [0.2, 0.25) is 15.9 Å². The average Bonchev–Trinajstić information content (AvgIpc) is 2.65. The molecule has 2 aromatic carbocycles. The van der Waals surface area contributed by atoms with Crippen molar-refractivity contribution >= 4 is 33.2 Å². The summed E-state index contributed by atoms with van der Waals surface area (Å²) in [5.41, 5.74) is 1.23. The number of benzene rings is 2. The first kappa shape index (κ1) is 22.0. The van der Waals surface area contributed by atoms with Crippen LogP contribution in [0.5, 0.6) is 5.75 Å². The molecule has 9 heteroatoms. The van der Waals surface area contributed by atoms with Gasteiger partial charge in [-0.15, -0.1) is 0 Å². The highest BCUT2D eigenvalue weighted by molar-refractivity contribution is 7.92. The summed E-state index contributed by atoms with van der Waals surface area (Å²) in [7, 11) is -2.14. The number of hydrogen-bond acceptors (Lipinski definition) is 4. The van der Waals surface area contributed by atoms with Crippen LogP contribution in [0, 0.1) is 5.82 Å². The van der Waals surface area contributed by atoms with E-state index in [9.17, 15) is 17.6 Å². The third-order valence-electron chi connectivity index (χ3n) is 4.00. The van der Waals surface area contributed by atoms with Crippen molar-refractivity contribution in [2.45, 2.75) is 12.8 Å². The minimum atomic E-state index is -3.74. The molecule has 0 atom stereocenters. The molecule has 1 N–H and O–H groups in total. The summed E-state index contributed by atoms with van der Waals surface area (Å²) in [6.45, 7) is -0.0179. The maximum absolute atomic E-state index is 13.3. The zero-order valence-electron chi connectivity index (χ0n) is 15.6. The first-order chi connectivity index (χ1) is 13.2. The van der Waals surface area contributed by atoms with Gasteiger partial charge in [0.25, 0.3) is 0 Å². The van der Waals surface area contributed by atoms with E-state index in [1.807, 2.05) is 24.3 Å². The summed E-state index contributed by atoms with van der Waals surface area (Å²) < 4.78 is 43.4. The van der Waals surface area contributed by atoms with Crippen molar-refractivity contribution in [1.82, 2.24) is 5.32 Å². The molecule has 0 fully saturated rings. The SMILES string of the molecule is COc1ccc(CCCNC(=O)CN(c2ccc(F)c(Cl)c2)S(C)(=O)=O)cc1. The molecule has 0 unspecified atom stereocenters. The summed E-state index contributed by atoms with van der Waals surface area (Å²) in [5.74, 6) is -0.346. The lowest BCUT2D eigenvalue weighted by Gasteiger charge is -2.22. The molecule has 152 valence electrons. The minimum Gasteiger partial charge on any atom is -0.497 e. The van der Waals surface area contributed by atoms with Crippen LogP contribution in [-0.2, 0) is 21.2 Å². The van der Waals surface area contributed by atoms with Gasteiger partial charge in [0.1, 0.15) is 18.1 Å². The van der Waals surface area contributed by atoms with Gasteiger partial charge in [-0.1, -0.05) is 23.7 Å². The molecule has 0 aliphatic carbocycles. The van der Waals surface area contributed by atoms with Crippen molar-refractivity contribution < 1.29 is 22.3 Å². The third-order valence-corrected chi connectivity index (χ3v) is 5.43. The first-order valence-electron chi connectivity index (χ1n) is 8.53. The molecule has 28 heavy (non-hydrogen) atoms. The number of sulfonamides is 1. The number of anilines is 1. The van der Waals surface area contributed by atoms with E-state index < -0.39 is 28.3 Å². The zero-order chi connectivity index (χ0) is 20.7. The molecule has 0 heterocycles. The van der Waals surface area contributed by atoms with Gasteiger partial charge in [-0.05, 0) is 48.7 Å². The standard InChI is InChI=1S/C19H22ClFN2O4S/c1-27-16-8-5-14(6-9-16)4-3-11-22-19(24)13-23(28(2,25)26)15-7-10-18(21)17(20)12-15/h5-10,12H,3-4,11,13H2,1-2H3,(H,22,24). The van der Waals surface area contributed by atoms with Gasteiger partial charge in [0, 0.05) is 6.54 Å². The van der Waals surface area contributed by atoms with Crippen LogP contribution in [0.2, 0.25) is 5.02 Å². The number of aryl methyl sites for hydroxylation is 1. The number of nitrogens with one attached hydrogen (secondary N) is 1. The maximum atomic E-state index is 13.3. The Morgan fingerprint density at radius 2 is 1.89 bits per heavy atom. The van der Waals surface area contributed by atoms with Gasteiger partial charge in [0.15, 0.2) is 0 Å². The minimum absolute atomic E-state index is 0.127. The Morgan fingerprint density at radius 1 is 1.21 bits per heavy atom. The number of methoxy groups -OCH3 is 1. The van der Waals surface area contributed by atoms with Crippen LogP contribution in [0.25, 0.3) is 0 Å². The highest BCUT2D eigenvalue weighted by atomic mass is 35.5. The van der Waals surface area contributed by atoms with Gasteiger partial charge in [-0.3, -0.25) is 9.10 Å². The lowest BCUT2D eigenvalue weighted by Crippen LogP contribution is -2.40. The van der Waals surface area contributed by atoms with E-state index in [1.165, 1.54) is 12.1 Å². The van der Waals surface area contributed by atoms with Gasteiger partial charge in [-0.25, -0.2) is 12.8 Å². The topological polar surface area (TPSA) is 75.7 Å². The van der Waals surface area contributed by atoms with Crippen molar-refractivity contribution in [3.63, 3.8) is 0 Å². The average molecular weight is 429 g/mol. The number of hydrogen-bond donors (Lipinski definition) is 1. The predicted octanol–water partition coefficient (Wildman–Crippen LogP) is 3.00. The second kappa shape index (κ2) is 9.75. The molecule has 2 rings (SSSR count). The molecular formula is C19H22ClFN2O4S. The molecule has 1 amide bonds. The number of nitrogens with zero attached hydrogens (tertiary/aromatic N) is 1. The molecule has 0 saturated heterocycles. The number of carbonyl (C=O) groups is 1. The quantitative estimate of drug-likeness (QED) is 0.623. The Balaban J connectivity index is 1.90. The fourth-order valence-corrected chi connectivity index (χ4v) is 3.56. The molecule has 0 radical (unpaired) electrons. The van der Waals surface area contributed by atoms with Crippen molar-refractivity contribution in [3.05, 3.63) is 58.9 Å². The molecule has 6 nitrogen and oxygen atoms in total. The molecule has 0 bridgehead atoms. The van der Waals surface area contributed by atoms with E-state index in [-0.39, 0.29) is 10.7 Å². The molecule has 2 aromatic rings. The van der Waals surface area contributed by atoms with Gasteiger partial charge in [0.05, 0.1) is 24.1 Å². The highest BCUT2D eigenvalue weighted by Gasteiger charge is 2.21. The molecule has 0 saturated carbocycles. The number of amides is 1. The predicted molar refractivity (Wildman–Crippen MR) is 108 cm³/mol. The lowest BCUT2D eigenvalue weighted by molar-refractivity contribution is -0.119. The fraction of sp³-hybridized carbons (Fsp3) is 0.316. The second-order valence-corrected chi connectivity index (χ2v) is 8.48. The highest BCUT2D eigenvalue weighted by Crippen LogP contribution is 2.24. The third kappa shape index (κ3) is 6.38. The fourth-order valence-electron chi connectivity index (χ4n) is 2.54. The summed E-state index contributed by atoms with van der Waals surface area (Å²) >= 11 is 5.72. The van der Waals surface area contributed by atoms with E-state index >= 15 is 0 Å². The second-order valence-electron chi connectivity index (χ2n) is 6.17. The maximum Gasteiger partial charge on any atom is 0.240 e. The Bertz CT molecular complexity index is 920. The number of carbonyl (C=O) groups excluding carboxylic acids is 1. The van der Waals surface area contributed by atoms with Crippen molar-refractivity contribution in [1.29, 1.82) is 0 Å². The van der Waals surface area contributed by atoms with Crippen molar-refractivity contribution in [2.24, 2.45) is 0 Å². The number of rotatable bonds is 9. The first-order valence-corrected chi connectivity index (χ1v) is 10.8. The van der Waals surface area contributed by atoms with E-state index in [0.717, 1.165) is 34.4 Å². The van der Waals surface area contributed by atoms with Crippen LogP contribution >= 0.6 is 11.6 Å². The Morgan fingerprint density at radius 3 is 2.46 bits per heavy atom. The Hall–Kier alpha value is -2.32. The molecule has 0 spiro atoms. The smallest absolute Gasteiger partial charge is 0.240 e. The van der Waals surface area contributed by atoms with Crippen LogP contribution in [0.1, 0.15) is 12.0 Å². The van der Waals surface area contributed by atoms with Gasteiger partial charge >= 0.3 is 0 Å². The Kier molecular flexibility index (Phi) is 7.65. The van der Waals surface area contributed by atoms with Crippen LogP contribution in [0.3, 0.4) is 0 Å². The van der Waals surface area contributed by atoms with Crippen LogP contribution in [0.4, 0.5) is 10.1 Å². The van der Waals surface area contributed by atoms with Crippen LogP contribution in [-0.4, -0.2) is 40.8 Å². The summed E-state index contributed by atoms with van der Waals surface area (Å²) in [6, 6.07) is 11.1. The largest absolute Gasteiger partial charge is 0.497 e. The Labute approximate surface area is 169 Å². The van der Waals surface area contributed by atoms with Crippen molar-refractivity contribution in [3.8, 4) is 5.75 Å². The van der Waals surface area contributed by atoms with E-state index in [2.05, 4.69) is 5.32 Å². The molecule has 0 aliphatic rings. The lowest BCUT2D eigenvalue weighted by atomic mass is 10.1. The zero-order valence-corrected chi connectivity index (χ0v) is 17.2. The number of halogens is 2. The van der Waals surface area contributed by atoms with Crippen LogP contribution < -0.4 is 14.4 Å².